The van der Waals surface area contributed by atoms with Gasteiger partial charge in [-0.2, -0.15) is 0 Å². The summed E-state index contributed by atoms with van der Waals surface area (Å²) in [6, 6.07) is 0. The molecule has 1 aromatic heterocycles. The lowest BCUT2D eigenvalue weighted by Crippen LogP contribution is -2.08. The van der Waals surface area contributed by atoms with Crippen LogP contribution in [-0.2, 0) is 13.1 Å². The molecule has 2 N–H and O–H groups in total. The molecule has 0 spiro atoms. The number of halogens is 3. The minimum atomic E-state index is -2.43. The Morgan fingerprint density at radius 3 is 2.74 bits per heavy atom. The van der Waals surface area contributed by atoms with E-state index in [9.17, 15) is 8.78 Å². The summed E-state index contributed by atoms with van der Waals surface area (Å²) < 4.78 is 27.3. The van der Waals surface area contributed by atoms with Crippen molar-refractivity contribution in [1.29, 1.82) is 0 Å². The van der Waals surface area contributed by atoms with Crippen molar-refractivity contribution in [2.75, 3.05) is 5.75 Å². The molecule has 1 fully saturated rings. The van der Waals surface area contributed by atoms with Gasteiger partial charge in [0, 0.05) is 24.6 Å². The van der Waals surface area contributed by atoms with E-state index in [0.29, 0.717) is 31.1 Å². The fraction of sp³-hybridized carbons (Fsp3) is 0.636. The molecule has 1 atom stereocenters. The zero-order valence-corrected chi connectivity index (χ0v) is 12.0. The van der Waals surface area contributed by atoms with Crippen molar-refractivity contribution in [3.8, 4) is 0 Å². The molecule has 0 bridgehead atoms. The summed E-state index contributed by atoms with van der Waals surface area (Å²) in [7, 11) is 0. The molecule has 1 saturated carbocycles. The minimum Gasteiger partial charge on any atom is -0.324 e. The maximum atomic E-state index is 12.7. The number of alkyl halides is 2. The number of nitrogens with zero attached hydrogens (tertiary/aromatic N) is 3. The van der Waals surface area contributed by atoms with Crippen LogP contribution in [0.1, 0.15) is 18.7 Å². The number of nitrogens with two attached hydrogens (primary N) is 1. The standard InChI is InChI=1S/C11H16F2N4S.ClH/c1-2-4-17-9(7-14)15-16-10(17)18-5-3-8-6-11(8,12)13;/h2,8H,1,3-7,14H2;1H. The van der Waals surface area contributed by atoms with Crippen LogP contribution in [0, 0.1) is 5.92 Å². The molecule has 0 aliphatic heterocycles. The molecule has 0 aromatic carbocycles. The first-order chi connectivity index (χ1) is 8.58. The Morgan fingerprint density at radius 2 is 2.21 bits per heavy atom. The highest BCUT2D eigenvalue weighted by atomic mass is 35.5. The Morgan fingerprint density at radius 1 is 1.53 bits per heavy atom. The fourth-order valence-corrected chi connectivity index (χ4v) is 2.78. The zero-order valence-electron chi connectivity index (χ0n) is 10.4. The first kappa shape index (κ1) is 16.4. The molecule has 19 heavy (non-hydrogen) atoms. The van der Waals surface area contributed by atoms with Crippen LogP contribution in [-0.4, -0.2) is 26.4 Å². The molecule has 8 heteroatoms. The minimum absolute atomic E-state index is 0. The lowest BCUT2D eigenvalue weighted by molar-refractivity contribution is 0.0983. The molecule has 0 radical (unpaired) electrons. The maximum Gasteiger partial charge on any atom is 0.251 e. The predicted octanol–water partition coefficient (Wildman–Crippen LogP) is 2.48. The number of hydrogen-bond donors (Lipinski definition) is 1. The van der Waals surface area contributed by atoms with Crippen molar-refractivity contribution < 1.29 is 8.78 Å². The average Bonchev–Trinajstić information content (AvgIpc) is 2.76. The third-order valence-electron chi connectivity index (χ3n) is 2.94. The van der Waals surface area contributed by atoms with Crippen molar-refractivity contribution >= 4 is 24.2 Å². The number of hydrogen-bond acceptors (Lipinski definition) is 4. The van der Waals surface area contributed by atoms with Gasteiger partial charge in [-0.25, -0.2) is 8.78 Å². The predicted molar refractivity (Wildman–Crippen MR) is 73.8 cm³/mol. The molecule has 108 valence electrons. The van der Waals surface area contributed by atoms with Gasteiger partial charge in [0.15, 0.2) is 5.16 Å². The van der Waals surface area contributed by atoms with Crippen LogP contribution in [0.15, 0.2) is 17.8 Å². The molecule has 1 aliphatic carbocycles. The monoisotopic (exact) mass is 310 g/mol. The Balaban J connectivity index is 0.00000180. The van der Waals surface area contributed by atoms with E-state index >= 15 is 0 Å². The van der Waals surface area contributed by atoms with Crippen LogP contribution in [0.4, 0.5) is 8.78 Å². The molecule has 0 amide bonds. The second-order valence-electron chi connectivity index (χ2n) is 4.30. The van der Waals surface area contributed by atoms with Crippen molar-refractivity contribution in [2.45, 2.75) is 37.0 Å². The van der Waals surface area contributed by atoms with Crippen LogP contribution in [0.2, 0.25) is 0 Å². The summed E-state index contributed by atoms with van der Waals surface area (Å²) in [6.07, 6.45) is 2.28. The number of allylic oxidation sites excluding steroid dienone is 1. The van der Waals surface area contributed by atoms with E-state index in [0.717, 1.165) is 5.16 Å². The van der Waals surface area contributed by atoms with Crippen LogP contribution in [0.3, 0.4) is 0 Å². The van der Waals surface area contributed by atoms with Crippen molar-refractivity contribution in [2.24, 2.45) is 11.7 Å². The van der Waals surface area contributed by atoms with E-state index in [1.54, 1.807) is 6.08 Å². The van der Waals surface area contributed by atoms with E-state index in [1.807, 2.05) is 4.57 Å². The molecular weight excluding hydrogens is 294 g/mol. The number of aromatic nitrogens is 3. The lowest BCUT2D eigenvalue weighted by Gasteiger charge is -2.05. The van der Waals surface area contributed by atoms with Gasteiger partial charge in [-0.05, 0) is 6.42 Å². The van der Waals surface area contributed by atoms with Crippen LogP contribution in [0.25, 0.3) is 0 Å². The quantitative estimate of drug-likeness (QED) is 0.621. The highest BCUT2D eigenvalue weighted by Crippen LogP contribution is 2.51. The summed E-state index contributed by atoms with van der Waals surface area (Å²) in [6.45, 7) is 4.56. The van der Waals surface area contributed by atoms with Gasteiger partial charge < -0.3 is 10.3 Å². The van der Waals surface area contributed by atoms with E-state index < -0.39 is 11.8 Å². The summed E-state index contributed by atoms with van der Waals surface area (Å²) in [4.78, 5) is 0. The van der Waals surface area contributed by atoms with Crippen LogP contribution >= 0.6 is 24.2 Å². The van der Waals surface area contributed by atoms with E-state index in [2.05, 4.69) is 16.8 Å². The Hall–Kier alpha value is -0.660. The summed E-state index contributed by atoms with van der Waals surface area (Å²) >= 11 is 1.44. The van der Waals surface area contributed by atoms with Gasteiger partial charge in [-0.15, -0.1) is 29.2 Å². The molecule has 1 aromatic rings. The molecule has 2 rings (SSSR count). The number of thioether (sulfide) groups is 1. The van der Waals surface area contributed by atoms with Crippen molar-refractivity contribution in [3.05, 3.63) is 18.5 Å². The average molecular weight is 311 g/mol. The lowest BCUT2D eigenvalue weighted by atomic mass is 10.3. The van der Waals surface area contributed by atoms with Gasteiger partial charge in [0.1, 0.15) is 5.82 Å². The first-order valence-electron chi connectivity index (χ1n) is 5.82. The summed E-state index contributed by atoms with van der Waals surface area (Å²) in [5, 5.41) is 8.71. The second kappa shape index (κ2) is 6.67. The van der Waals surface area contributed by atoms with Gasteiger partial charge in [0.25, 0.3) is 5.92 Å². The highest BCUT2D eigenvalue weighted by molar-refractivity contribution is 7.99. The smallest absolute Gasteiger partial charge is 0.251 e. The van der Waals surface area contributed by atoms with Gasteiger partial charge in [0.2, 0.25) is 0 Å². The largest absolute Gasteiger partial charge is 0.324 e. The molecule has 1 aliphatic rings. The van der Waals surface area contributed by atoms with Crippen molar-refractivity contribution in [3.63, 3.8) is 0 Å². The zero-order chi connectivity index (χ0) is 13.2. The maximum absolute atomic E-state index is 12.7. The fourth-order valence-electron chi connectivity index (χ4n) is 1.76. The van der Waals surface area contributed by atoms with Gasteiger partial charge >= 0.3 is 0 Å². The third kappa shape index (κ3) is 3.90. The van der Waals surface area contributed by atoms with Gasteiger partial charge in [-0.3, -0.25) is 0 Å². The van der Waals surface area contributed by atoms with Crippen LogP contribution in [0.5, 0.6) is 0 Å². The SMILES string of the molecule is C=CCn1c(CN)nnc1SCCC1CC1(F)F.Cl. The van der Waals surface area contributed by atoms with Gasteiger partial charge in [-0.1, -0.05) is 17.8 Å². The molecule has 0 saturated heterocycles. The second-order valence-corrected chi connectivity index (χ2v) is 5.36. The van der Waals surface area contributed by atoms with E-state index in [1.165, 1.54) is 11.8 Å². The first-order valence-corrected chi connectivity index (χ1v) is 6.80. The molecule has 4 nitrogen and oxygen atoms in total. The van der Waals surface area contributed by atoms with Crippen molar-refractivity contribution in [1.82, 2.24) is 14.8 Å². The normalized spacial score (nSPS) is 19.8. The van der Waals surface area contributed by atoms with E-state index in [4.69, 9.17) is 5.73 Å². The Labute approximate surface area is 121 Å². The Kier molecular flexibility index (Phi) is 5.76. The Bertz CT molecular complexity index is 438. The topological polar surface area (TPSA) is 56.7 Å². The summed E-state index contributed by atoms with van der Waals surface area (Å²) in [5.41, 5.74) is 5.55. The van der Waals surface area contributed by atoms with Gasteiger partial charge in [0.05, 0.1) is 6.54 Å². The summed E-state index contributed by atoms with van der Waals surface area (Å²) in [5.74, 6) is -1.57. The number of rotatable bonds is 7. The highest BCUT2D eigenvalue weighted by Gasteiger charge is 2.55. The molecule has 1 unspecified atom stereocenters. The molecular formula is C11H17ClF2N4S. The molecule has 1 heterocycles. The van der Waals surface area contributed by atoms with Crippen LogP contribution < -0.4 is 5.73 Å². The van der Waals surface area contributed by atoms with E-state index in [-0.39, 0.29) is 18.8 Å². The third-order valence-corrected chi connectivity index (χ3v) is 3.94.